The zero-order valence-electron chi connectivity index (χ0n) is 15.5. The first-order valence-corrected chi connectivity index (χ1v) is 8.34. The van der Waals surface area contributed by atoms with Crippen LogP contribution in [0.25, 0.3) is 0 Å². The van der Waals surface area contributed by atoms with Crippen molar-refractivity contribution in [2.45, 2.75) is 51.7 Å². The Kier molecular flexibility index (Phi) is 26.9. The summed E-state index contributed by atoms with van der Waals surface area (Å²) in [5.41, 5.74) is 0. The van der Waals surface area contributed by atoms with E-state index in [0.717, 1.165) is 0 Å². The summed E-state index contributed by atoms with van der Waals surface area (Å²) in [6, 6.07) is 0. The highest BCUT2D eigenvalue weighted by Gasteiger charge is 1.99. The number of unbranched alkanes of at least 4 members (excludes halogenated alkanes) is 1. The molecule has 10 nitrogen and oxygen atoms in total. The summed E-state index contributed by atoms with van der Waals surface area (Å²) in [5.74, 6) is -1.74. The molecule has 0 fully saturated rings. The van der Waals surface area contributed by atoms with Gasteiger partial charge in [0.25, 0.3) is 0 Å². The van der Waals surface area contributed by atoms with Crippen LogP contribution in [-0.4, -0.2) is 94.4 Å². The number of carboxylic acids is 2. The van der Waals surface area contributed by atoms with E-state index in [1.165, 1.54) is 0 Å². The van der Waals surface area contributed by atoms with Crippen molar-refractivity contribution in [1.29, 1.82) is 0 Å². The first kappa shape index (κ1) is 29.5. The Morgan fingerprint density at radius 1 is 0.769 bits per heavy atom. The molecule has 0 aliphatic carbocycles. The van der Waals surface area contributed by atoms with Gasteiger partial charge >= 0.3 is 11.9 Å². The lowest BCUT2D eigenvalue weighted by Gasteiger charge is -2.02. The smallest absolute Gasteiger partial charge is 0.303 e. The van der Waals surface area contributed by atoms with Crippen molar-refractivity contribution < 1.29 is 49.7 Å². The minimum Gasteiger partial charge on any atom is -0.481 e. The monoisotopic (exact) mass is 386 g/mol. The standard InChI is InChI=1S/C6H10O4.2C5H12O3/c7-5(8)3-1-2-4-6(9)10;2*1-5(7)4-8-3-2-6/h1-4H2,(H,7,8)(H,9,10);2*5-7H,2-4H2,1H3. The first-order chi connectivity index (χ1) is 12.2. The van der Waals surface area contributed by atoms with Crippen LogP contribution in [0.2, 0.25) is 0 Å². The summed E-state index contributed by atoms with van der Waals surface area (Å²) in [5, 5.41) is 49.8. The lowest BCUT2D eigenvalue weighted by Crippen LogP contribution is -2.12. The molecule has 2 atom stereocenters. The van der Waals surface area contributed by atoms with E-state index in [2.05, 4.69) is 0 Å². The fourth-order valence-corrected chi connectivity index (χ4v) is 1.19. The molecule has 0 aliphatic heterocycles. The molecule has 0 aliphatic rings. The molecule has 6 N–H and O–H groups in total. The second-order valence-electron chi connectivity index (χ2n) is 5.29. The minimum absolute atomic E-state index is 0.0206. The van der Waals surface area contributed by atoms with Crippen LogP contribution in [0.1, 0.15) is 39.5 Å². The molecule has 0 saturated carbocycles. The zero-order valence-corrected chi connectivity index (χ0v) is 15.5. The Morgan fingerprint density at radius 3 is 1.27 bits per heavy atom. The van der Waals surface area contributed by atoms with Crippen LogP contribution >= 0.6 is 0 Å². The van der Waals surface area contributed by atoms with Gasteiger partial charge in [-0.05, 0) is 26.7 Å². The second kappa shape index (κ2) is 23.7. The summed E-state index contributed by atoms with van der Waals surface area (Å²) >= 11 is 0. The summed E-state index contributed by atoms with van der Waals surface area (Å²) < 4.78 is 9.49. The zero-order chi connectivity index (χ0) is 20.8. The molecule has 0 rings (SSSR count). The van der Waals surface area contributed by atoms with Gasteiger partial charge < -0.3 is 40.1 Å². The predicted octanol–water partition coefficient (Wildman–Crippen LogP) is -0.532. The largest absolute Gasteiger partial charge is 0.481 e. The van der Waals surface area contributed by atoms with Crippen LogP contribution in [0.3, 0.4) is 0 Å². The van der Waals surface area contributed by atoms with Crippen molar-refractivity contribution in [2.75, 3.05) is 39.6 Å². The lowest BCUT2D eigenvalue weighted by molar-refractivity contribution is -0.139. The van der Waals surface area contributed by atoms with E-state index < -0.39 is 24.1 Å². The van der Waals surface area contributed by atoms with Crippen LogP contribution < -0.4 is 0 Å². The topological polar surface area (TPSA) is 174 Å². The van der Waals surface area contributed by atoms with Crippen molar-refractivity contribution in [3.8, 4) is 0 Å². The normalized spacial score (nSPS) is 12.1. The quantitative estimate of drug-likeness (QED) is 0.226. The Balaban J connectivity index is -0.000000308. The number of hydrogen-bond acceptors (Lipinski definition) is 8. The maximum Gasteiger partial charge on any atom is 0.303 e. The Bertz CT molecular complexity index is 277. The number of aliphatic hydroxyl groups excluding tert-OH is 4. The molecule has 0 radical (unpaired) electrons. The number of aliphatic carboxylic acids is 2. The number of hydrogen-bond donors (Lipinski definition) is 6. The molecule has 0 saturated heterocycles. The van der Waals surface area contributed by atoms with Gasteiger partial charge in [0.2, 0.25) is 0 Å². The molecule has 26 heavy (non-hydrogen) atoms. The Morgan fingerprint density at radius 2 is 1.08 bits per heavy atom. The number of aliphatic hydroxyl groups is 4. The van der Waals surface area contributed by atoms with Crippen molar-refractivity contribution >= 4 is 11.9 Å². The second-order valence-corrected chi connectivity index (χ2v) is 5.29. The van der Waals surface area contributed by atoms with Gasteiger partial charge in [-0.1, -0.05) is 0 Å². The highest BCUT2D eigenvalue weighted by atomic mass is 16.5. The fourth-order valence-electron chi connectivity index (χ4n) is 1.19. The number of ether oxygens (including phenoxy) is 2. The van der Waals surface area contributed by atoms with Crippen molar-refractivity contribution in [1.82, 2.24) is 0 Å². The summed E-state index contributed by atoms with van der Waals surface area (Å²) in [6.07, 6.45) is 0.159. The predicted molar refractivity (Wildman–Crippen MR) is 92.9 cm³/mol. The van der Waals surface area contributed by atoms with Gasteiger partial charge in [0, 0.05) is 12.8 Å². The van der Waals surface area contributed by atoms with Gasteiger partial charge in [0.15, 0.2) is 0 Å². The molecule has 158 valence electrons. The minimum atomic E-state index is -0.870. The number of rotatable bonds is 13. The van der Waals surface area contributed by atoms with Crippen LogP contribution in [0, 0.1) is 0 Å². The van der Waals surface area contributed by atoms with E-state index in [-0.39, 0.29) is 26.1 Å². The third-order valence-electron chi connectivity index (χ3n) is 2.22. The first-order valence-electron chi connectivity index (χ1n) is 8.34. The Hall–Kier alpha value is -1.30. The third kappa shape index (κ3) is 43.4. The average molecular weight is 386 g/mol. The number of carbonyl (C=O) groups is 2. The van der Waals surface area contributed by atoms with Crippen LogP contribution in [0.5, 0.6) is 0 Å². The van der Waals surface area contributed by atoms with Crippen molar-refractivity contribution in [2.24, 2.45) is 0 Å². The summed E-state index contributed by atoms with van der Waals surface area (Å²) in [6.45, 7) is 4.55. The highest BCUT2D eigenvalue weighted by molar-refractivity contribution is 5.67. The third-order valence-corrected chi connectivity index (χ3v) is 2.22. The van der Waals surface area contributed by atoms with Gasteiger partial charge in [-0.2, -0.15) is 0 Å². The fraction of sp³-hybridized carbons (Fsp3) is 0.875. The highest BCUT2D eigenvalue weighted by Crippen LogP contribution is 1.98. The maximum atomic E-state index is 9.90. The lowest BCUT2D eigenvalue weighted by atomic mass is 10.2. The molecular weight excluding hydrogens is 352 g/mol. The molecule has 0 spiro atoms. The molecule has 0 aromatic rings. The van der Waals surface area contributed by atoms with E-state index in [1.54, 1.807) is 13.8 Å². The van der Waals surface area contributed by atoms with Crippen molar-refractivity contribution in [3.63, 3.8) is 0 Å². The van der Waals surface area contributed by atoms with Gasteiger partial charge in [-0.15, -0.1) is 0 Å². The van der Waals surface area contributed by atoms with Gasteiger partial charge in [0.05, 0.1) is 51.8 Å². The molecular formula is C16H34O10. The molecule has 0 aromatic heterocycles. The molecule has 10 heteroatoms. The van der Waals surface area contributed by atoms with Gasteiger partial charge in [0.1, 0.15) is 0 Å². The maximum absolute atomic E-state index is 9.90. The Labute approximate surface area is 154 Å². The summed E-state index contributed by atoms with van der Waals surface area (Å²) in [4.78, 5) is 19.8. The van der Waals surface area contributed by atoms with Crippen molar-refractivity contribution in [3.05, 3.63) is 0 Å². The van der Waals surface area contributed by atoms with Gasteiger partial charge in [-0.25, -0.2) is 0 Å². The molecule has 2 unspecified atom stereocenters. The van der Waals surface area contributed by atoms with E-state index in [9.17, 15) is 9.59 Å². The molecule has 0 aromatic carbocycles. The van der Waals surface area contributed by atoms with E-state index in [0.29, 0.717) is 39.3 Å². The van der Waals surface area contributed by atoms with Crippen LogP contribution in [0.4, 0.5) is 0 Å². The SMILES string of the molecule is CC(O)COCCO.CC(O)COCCO.O=C(O)CCCCC(=O)O. The van der Waals surface area contributed by atoms with E-state index >= 15 is 0 Å². The molecule has 0 amide bonds. The van der Waals surface area contributed by atoms with E-state index in [1.807, 2.05) is 0 Å². The van der Waals surface area contributed by atoms with Crippen LogP contribution in [0.15, 0.2) is 0 Å². The average Bonchev–Trinajstić information content (AvgIpc) is 2.52. The molecule has 0 bridgehead atoms. The summed E-state index contributed by atoms with van der Waals surface area (Å²) in [7, 11) is 0. The number of carboxylic acid groups (broad SMARTS) is 2. The van der Waals surface area contributed by atoms with Gasteiger partial charge in [-0.3, -0.25) is 9.59 Å². The van der Waals surface area contributed by atoms with Crippen LogP contribution in [-0.2, 0) is 19.1 Å². The van der Waals surface area contributed by atoms with E-state index in [4.69, 9.17) is 40.1 Å². The molecule has 0 heterocycles.